The van der Waals surface area contributed by atoms with E-state index in [9.17, 15) is 14.7 Å². The lowest BCUT2D eigenvalue weighted by molar-refractivity contribution is -0.143. The summed E-state index contributed by atoms with van der Waals surface area (Å²) in [6.45, 7) is 5.69. The maximum atomic E-state index is 12.2. The van der Waals surface area contributed by atoms with E-state index >= 15 is 0 Å². The summed E-state index contributed by atoms with van der Waals surface area (Å²) in [4.78, 5) is 29.4. The molecule has 22 heavy (non-hydrogen) atoms. The molecule has 2 rings (SSSR count). The average molecular weight is 306 g/mol. The predicted molar refractivity (Wildman–Crippen MR) is 80.4 cm³/mol. The molecule has 1 aliphatic heterocycles. The Labute approximate surface area is 130 Å². The summed E-state index contributed by atoms with van der Waals surface area (Å²) in [5.74, 6) is -1.15. The highest BCUT2D eigenvalue weighted by Gasteiger charge is 2.43. The number of rotatable bonds is 3. The van der Waals surface area contributed by atoms with Gasteiger partial charge in [-0.15, -0.1) is 0 Å². The minimum atomic E-state index is -0.996. The molecular weight excluding hydrogens is 284 g/mol. The molecule has 1 aromatic rings. The minimum Gasteiger partial charge on any atom is -0.480 e. The highest BCUT2D eigenvalue weighted by atomic mass is 16.6. The van der Waals surface area contributed by atoms with Gasteiger partial charge >= 0.3 is 12.1 Å². The van der Waals surface area contributed by atoms with Crippen LogP contribution in [0.4, 0.5) is 4.79 Å². The van der Waals surface area contributed by atoms with Gasteiger partial charge < -0.3 is 9.84 Å². The minimum absolute atomic E-state index is 0.153. The molecule has 0 aliphatic carbocycles. The van der Waals surface area contributed by atoms with Crippen LogP contribution in [0, 0.1) is 5.92 Å². The molecule has 120 valence electrons. The molecule has 1 N–H and O–H groups in total. The molecule has 2 heterocycles. The fourth-order valence-corrected chi connectivity index (χ4v) is 2.72. The number of pyridine rings is 1. The SMILES string of the molecule is CC(C)(C)OC(=O)N1CCC(Cc2ccccn2)[C@H]1C(=O)O. The van der Waals surface area contributed by atoms with Crippen molar-refractivity contribution in [1.29, 1.82) is 0 Å². The number of ether oxygens (including phenoxy) is 1. The first-order chi connectivity index (χ1) is 10.3. The molecule has 0 aromatic carbocycles. The number of nitrogens with zero attached hydrogens (tertiary/aromatic N) is 2. The van der Waals surface area contributed by atoms with Gasteiger partial charge in [-0.3, -0.25) is 9.88 Å². The number of carboxylic acids is 1. The van der Waals surface area contributed by atoms with E-state index in [2.05, 4.69) is 4.98 Å². The molecule has 0 bridgehead atoms. The Bertz CT molecular complexity index is 539. The fraction of sp³-hybridized carbons (Fsp3) is 0.562. The highest BCUT2D eigenvalue weighted by Crippen LogP contribution is 2.29. The van der Waals surface area contributed by atoms with Gasteiger partial charge in [0.2, 0.25) is 0 Å². The van der Waals surface area contributed by atoms with E-state index in [1.807, 2.05) is 18.2 Å². The van der Waals surface area contributed by atoms with Gasteiger partial charge in [0.05, 0.1) is 0 Å². The maximum Gasteiger partial charge on any atom is 0.411 e. The molecule has 6 heteroatoms. The zero-order chi connectivity index (χ0) is 16.3. The third-order valence-corrected chi connectivity index (χ3v) is 3.60. The third-order valence-electron chi connectivity index (χ3n) is 3.60. The lowest BCUT2D eigenvalue weighted by Gasteiger charge is -2.28. The van der Waals surface area contributed by atoms with Crippen LogP contribution in [0.1, 0.15) is 32.9 Å². The van der Waals surface area contributed by atoms with Gasteiger partial charge in [0.25, 0.3) is 0 Å². The maximum absolute atomic E-state index is 12.2. The quantitative estimate of drug-likeness (QED) is 0.927. The van der Waals surface area contributed by atoms with Crippen molar-refractivity contribution >= 4 is 12.1 Å². The van der Waals surface area contributed by atoms with E-state index in [0.29, 0.717) is 19.4 Å². The Morgan fingerprint density at radius 1 is 1.41 bits per heavy atom. The van der Waals surface area contributed by atoms with E-state index in [4.69, 9.17) is 4.74 Å². The molecule has 0 radical (unpaired) electrons. The Balaban J connectivity index is 2.11. The molecule has 6 nitrogen and oxygen atoms in total. The van der Waals surface area contributed by atoms with Gasteiger partial charge in [-0.1, -0.05) is 6.07 Å². The number of aliphatic carboxylic acids is 1. The molecule has 1 fully saturated rings. The Morgan fingerprint density at radius 3 is 2.68 bits per heavy atom. The van der Waals surface area contributed by atoms with Crippen LogP contribution in [-0.4, -0.2) is 45.2 Å². The normalized spacial score (nSPS) is 21.7. The third kappa shape index (κ3) is 3.96. The van der Waals surface area contributed by atoms with Gasteiger partial charge in [-0.2, -0.15) is 0 Å². The van der Waals surface area contributed by atoms with E-state index in [1.54, 1.807) is 27.0 Å². The molecular formula is C16H22N2O4. The zero-order valence-electron chi connectivity index (χ0n) is 13.2. The van der Waals surface area contributed by atoms with Crippen LogP contribution in [0.3, 0.4) is 0 Å². The van der Waals surface area contributed by atoms with E-state index in [1.165, 1.54) is 4.90 Å². The van der Waals surface area contributed by atoms with Crippen LogP contribution < -0.4 is 0 Å². The van der Waals surface area contributed by atoms with E-state index < -0.39 is 23.7 Å². The monoisotopic (exact) mass is 306 g/mol. The van der Waals surface area contributed by atoms with Crippen LogP contribution in [0.15, 0.2) is 24.4 Å². The Morgan fingerprint density at radius 2 is 2.14 bits per heavy atom. The van der Waals surface area contributed by atoms with Gasteiger partial charge in [0.15, 0.2) is 0 Å². The van der Waals surface area contributed by atoms with Gasteiger partial charge in [-0.05, 0) is 51.7 Å². The molecule has 1 amide bonds. The van der Waals surface area contributed by atoms with Crippen LogP contribution in [0.25, 0.3) is 0 Å². The summed E-state index contributed by atoms with van der Waals surface area (Å²) >= 11 is 0. The molecule has 1 aliphatic rings. The molecule has 1 aromatic heterocycles. The van der Waals surface area contributed by atoms with Crippen molar-refractivity contribution in [1.82, 2.24) is 9.88 Å². The number of hydrogen-bond donors (Lipinski definition) is 1. The van der Waals surface area contributed by atoms with Crippen molar-refractivity contribution in [3.63, 3.8) is 0 Å². The van der Waals surface area contributed by atoms with Gasteiger partial charge in [-0.25, -0.2) is 9.59 Å². The van der Waals surface area contributed by atoms with Crippen molar-refractivity contribution in [2.75, 3.05) is 6.54 Å². The number of carbonyl (C=O) groups excluding carboxylic acids is 1. The number of amides is 1. The Hall–Kier alpha value is -2.11. The number of hydrogen-bond acceptors (Lipinski definition) is 4. The molecule has 2 atom stereocenters. The smallest absolute Gasteiger partial charge is 0.411 e. The average Bonchev–Trinajstić information content (AvgIpc) is 2.82. The second-order valence-electron chi connectivity index (χ2n) is 6.53. The number of aromatic nitrogens is 1. The first-order valence-electron chi connectivity index (χ1n) is 7.40. The summed E-state index contributed by atoms with van der Waals surface area (Å²) in [5, 5.41) is 9.51. The number of likely N-dealkylation sites (tertiary alicyclic amines) is 1. The van der Waals surface area contributed by atoms with Crippen LogP contribution >= 0.6 is 0 Å². The predicted octanol–water partition coefficient (Wildman–Crippen LogP) is 2.33. The molecule has 1 unspecified atom stereocenters. The van der Waals surface area contributed by atoms with Crippen LogP contribution in [-0.2, 0) is 16.0 Å². The van der Waals surface area contributed by atoms with Gasteiger partial charge in [0.1, 0.15) is 11.6 Å². The first-order valence-corrected chi connectivity index (χ1v) is 7.40. The second-order valence-corrected chi connectivity index (χ2v) is 6.53. The number of carbonyl (C=O) groups is 2. The van der Waals surface area contributed by atoms with Crippen molar-refractivity contribution in [2.24, 2.45) is 5.92 Å². The lowest BCUT2D eigenvalue weighted by Crippen LogP contribution is -2.45. The zero-order valence-corrected chi connectivity index (χ0v) is 13.2. The molecule has 0 spiro atoms. The molecule has 0 saturated carbocycles. The summed E-state index contributed by atoms with van der Waals surface area (Å²) in [6.07, 6.45) is 2.29. The van der Waals surface area contributed by atoms with Crippen molar-refractivity contribution in [3.05, 3.63) is 30.1 Å². The topological polar surface area (TPSA) is 79.7 Å². The van der Waals surface area contributed by atoms with Gasteiger partial charge in [0, 0.05) is 18.4 Å². The Kier molecular flexibility index (Phi) is 4.68. The van der Waals surface area contributed by atoms with E-state index in [-0.39, 0.29) is 5.92 Å². The summed E-state index contributed by atoms with van der Waals surface area (Å²) in [7, 11) is 0. The first kappa shape index (κ1) is 16.3. The fourth-order valence-electron chi connectivity index (χ4n) is 2.72. The summed E-state index contributed by atoms with van der Waals surface area (Å²) in [6, 6.07) is 4.70. The van der Waals surface area contributed by atoms with Crippen molar-refractivity contribution in [2.45, 2.75) is 45.3 Å². The van der Waals surface area contributed by atoms with Crippen LogP contribution in [0.5, 0.6) is 0 Å². The second kappa shape index (κ2) is 6.34. The highest BCUT2D eigenvalue weighted by molar-refractivity contribution is 5.81. The largest absolute Gasteiger partial charge is 0.480 e. The van der Waals surface area contributed by atoms with Crippen molar-refractivity contribution < 1.29 is 19.4 Å². The summed E-state index contributed by atoms with van der Waals surface area (Å²) < 4.78 is 5.31. The lowest BCUT2D eigenvalue weighted by atomic mass is 9.94. The molecule has 1 saturated heterocycles. The van der Waals surface area contributed by atoms with Crippen molar-refractivity contribution in [3.8, 4) is 0 Å². The van der Waals surface area contributed by atoms with E-state index in [0.717, 1.165) is 5.69 Å². The number of carboxylic acid groups (broad SMARTS) is 1. The summed E-state index contributed by atoms with van der Waals surface area (Å²) in [5.41, 5.74) is 0.198. The van der Waals surface area contributed by atoms with Crippen LogP contribution in [0.2, 0.25) is 0 Å². The standard InChI is InChI=1S/C16H22N2O4/c1-16(2,3)22-15(21)18-9-7-11(13(18)14(19)20)10-12-6-4-5-8-17-12/h4-6,8,11,13H,7,9-10H2,1-3H3,(H,19,20)/t11?,13-/m0/s1.